The third-order valence-corrected chi connectivity index (χ3v) is 6.44. The molecule has 0 radical (unpaired) electrons. The molecule has 2 heterocycles. The van der Waals surface area contributed by atoms with Crippen molar-refractivity contribution in [2.75, 3.05) is 13.1 Å². The van der Waals surface area contributed by atoms with Crippen LogP contribution >= 0.6 is 0 Å². The average Bonchev–Trinajstić information content (AvgIpc) is 3.07. The van der Waals surface area contributed by atoms with Crippen LogP contribution in [0.1, 0.15) is 49.8 Å². The summed E-state index contributed by atoms with van der Waals surface area (Å²) < 4.78 is 1.16. The molecule has 0 spiro atoms. The molecule has 2 aromatic rings. The lowest BCUT2D eigenvalue weighted by Gasteiger charge is -2.51. The van der Waals surface area contributed by atoms with Gasteiger partial charge in [-0.3, -0.25) is 4.79 Å². The molecule has 4 rings (SSSR count). The summed E-state index contributed by atoms with van der Waals surface area (Å²) in [6.07, 6.45) is 4.74. The van der Waals surface area contributed by atoms with Crippen molar-refractivity contribution in [3.63, 3.8) is 0 Å². The minimum absolute atomic E-state index is 0.107. The Morgan fingerprint density at radius 1 is 0.962 bits per heavy atom. The number of hydrogen-bond donors (Lipinski definition) is 1. The van der Waals surface area contributed by atoms with Gasteiger partial charge in [-0.15, -0.1) is 0 Å². The number of carbonyl (C=O) groups excluding carboxylic acids is 1. The first-order valence-corrected chi connectivity index (χ1v) is 9.92. The maximum Gasteiger partial charge on any atom is 0.217 e. The second-order valence-electron chi connectivity index (χ2n) is 7.99. The van der Waals surface area contributed by atoms with E-state index in [1.807, 2.05) is 0 Å². The van der Waals surface area contributed by atoms with Crippen molar-refractivity contribution in [1.82, 2.24) is 5.32 Å². The monoisotopic (exact) mass is 349 g/mol. The Hall–Kier alpha value is -2.13. The van der Waals surface area contributed by atoms with Crippen LogP contribution in [0.3, 0.4) is 0 Å². The minimum atomic E-state index is 0.107. The van der Waals surface area contributed by atoms with Crippen molar-refractivity contribution in [2.45, 2.75) is 50.7 Å². The molecule has 0 bridgehead atoms. The lowest BCUT2D eigenvalue weighted by Crippen LogP contribution is -2.61. The summed E-state index contributed by atoms with van der Waals surface area (Å²) in [5.41, 5.74) is 2.84. The average molecular weight is 349 g/mol. The van der Waals surface area contributed by atoms with E-state index < -0.39 is 0 Å². The van der Waals surface area contributed by atoms with Crippen molar-refractivity contribution < 1.29 is 9.28 Å². The largest absolute Gasteiger partial charge is 0.353 e. The van der Waals surface area contributed by atoms with E-state index in [0.29, 0.717) is 18.1 Å². The van der Waals surface area contributed by atoms with Crippen LogP contribution in [-0.2, 0) is 4.79 Å². The van der Waals surface area contributed by atoms with Crippen LogP contribution < -0.4 is 5.32 Å². The number of amides is 1. The normalized spacial score (nSPS) is 27.9. The highest BCUT2D eigenvalue weighted by molar-refractivity contribution is 5.73. The number of benzene rings is 2. The molecule has 136 valence electrons. The summed E-state index contributed by atoms with van der Waals surface area (Å²) in [5, 5.41) is 3.18. The quantitative estimate of drug-likeness (QED) is 0.829. The lowest BCUT2D eigenvalue weighted by atomic mass is 9.87. The van der Waals surface area contributed by atoms with Gasteiger partial charge < -0.3 is 9.80 Å². The van der Waals surface area contributed by atoms with Gasteiger partial charge in [0.05, 0.1) is 19.1 Å². The van der Waals surface area contributed by atoms with E-state index in [-0.39, 0.29) is 5.91 Å². The third kappa shape index (κ3) is 3.16. The molecule has 2 aromatic carbocycles. The summed E-state index contributed by atoms with van der Waals surface area (Å²) in [4.78, 5) is 11.5. The molecule has 0 aliphatic carbocycles. The summed E-state index contributed by atoms with van der Waals surface area (Å²) in [7, 11) is 0. The first-order chi connectivity index (χ1) is 12.7. The van der Waals surface area contributed by atoms with Crippen molar-refractivity contribution in [3.05, 3.63) is 71.8 Å². The van der Waals surface area contributed by atoms with Crippen molar-refractivity contribution >= 4 is 5.91 Å². The number of piperidine rings is 1. The molecule has 0 unspecified atom stereocenters. The van der Waals surface area contributed by atoms with Gasteiger partial charge in [0.15, 0.2) is 0 Å². The SMILES string of the molecule is CC(=O)N[C@@H]1CC[N@+]2(C(c3ccccc3)c3ccccc3)CCC[C@H]2C1. The van der Waals surface area contributed by atoms with E-state index in [4.69, 9.17) is 0 Å². The van der Waals surface area contributed by atoms with E-state index in [0.717, 1.165) is 23.9 Å². The summed E-state index contributed by atoms with van der Waals surface area (Å²) in [6, 6.07) is 23.4. The number of carbonyl (C=O) groups is 1. The van der Waals surface area contributed by atoms with Crippen LogP contribution in [0.5, 0.6) is 0 Å². The molecule has 2 fully saturated rings. The van der Waals surface area contributed by atoms with Crippen molar-refractivity contribution in [3.8, 4) is 0 Å². The highest BCUT2D eigenvalue weighted by atomic mass is 16.1. The molecule has 1 N–H and O–H groups in total. The Morgan fingerprint density at radius 3 is 2.15 bits per heavy atom. The van der Waals surface area contributed by atoms with E-state index in [2.05, 4.69) is 66.0 Å². The fourth-order valence-electron chi connectivity index (χ4n) is 5.47. The molecule has 26 heavy (non-hydrogen) atoms. The lowest BCUT2D eigenvalue weighted by molar-refractivity contribution is -0.967. The molecule has 3 heteroatoms. The van der Waals surface area contributed by atoms with Gasteiger partial charge in [0.1, 0.15) is 6.04 Å². The predicted molar refractivity (Wildman–Crippen MR) is 105 cm³/mol. The molecule has 0 saturated carbocycles. The molecule has 0 aromatic heterocycles. The Bertz CT molecular complexity index is 706. The van der Waals surface area contributed by atoms with E-state index >= 15 is 0 Å². The second-order valence-corrected chi connectivity index (χ2v) is 7.99. The summed E-state index contributed by atoms with van der Waals surface area (Å²) in [6.45, 7) is 4.03. The highest BCUT2D eigenvalue weighted by Gasteiger charge is 2.51. The summed E-state index contributed by atoms with van der Waals surface area (Å²) in [5.74, 6) is 0.107. The standard InChI is InChI=1S/C23H28N2O/c1-18(26)24-21-14-16-25(15-8-13-22(25)17-21)23(19-9-4-2-5-10-19)20-11-6-3-7-12-20/h2-7,9-12,21-23H,8,13-17H2,1H3/p+1/t21-,22+,25-/m1/s1. The van der Waals surface area contributed by atoms with Crippen molar-refractivity contribution in [2.24, 2.45) is 0 Å². The van der Waals surface area contributed by atoms with E-state index in [1.165, 1.54) is 30.5 Å². The number of nitrogens with zero attached hydrogens (tertiary/aromatic N) is 1. The summed E-state index contributed by atoms with van der Waals surface area (Å²) >= 11 is 0. The first kappa shape index (κ1) is 17.3. The Labute approximate surface area is 156 Å². The van der Waals surface area contributed by atoms with Gasteiger partial charge in [0.2, 0.25) is 5.91 Å². The molecule has 3 nitrogen and oxygen atoms in total. The molecule has 2 aliphatic heterocycles. The second kappa shape index (κ2) is 7.24. The Kier molecular flexibility index (Phi) is 4.82. The van der Waals surface area contributed by atoms with Gasteiger partial charge in [-0.2, -0.15) is 0 Å². The highest BCUT2D eigenvalue weighted by Crippen LogP contribution is 2.46. The van der Waals surface area contributed by atoms with Crippen LogP contribution in [0.25, 0.3) is 0 Å². The molecular weight excluding hydrogens is 320 g/mol. The predicted octanol–water partition coefficient (Wildman–Crippen LogP) is 4.05. The first-order valence-electron chi connectivity index (χ1n) is 9.92. The number of hydrogen-bond acceptors (Lipinski definition) is 1. The maximum absolute atomic E-state index is 11.5. The number of fused-ring (bicyclic) bond motifs is 1. The van der Waals surface area contributed by atoms with Gasteiger partial charge in [0, 0.05) is 49.8 Å². The fourth-order valence-corrected chi connectivity index (χ4v) is 5.47. The van der Waals surface area contributed by atoms with Crippen LogP contribution in [-0.4, -0.2) is 35.6 Å². The van der Waals surface area contributed by atoms with E-state index in [9.17, 15) is 4.79 Å². The Morgan fingerprint density at radius 2 is 1.58 bits per heavy atom. The number of quaternary nitrogens is 1. The molecule has 2 aliphatic rings. The zero-order chi connectivity index (χ0) is 18.0. The smallest absolute Gasteiger partial charge is 0.217 e. The molecule has 2 saturated heterocycles. The van der Waals surface area contributed by atoms with Crippen LogP contribution in [0.2, 0.25) is 0 Å². The Balaban J connectivity index is 1.72. The van der Waals surface area contributed by atoms with Crippen LogP contribution in [0.4, 0.5) is 0 Å². The molecular formula is C23H29N2O+. The van der Waals surface area contributed by atoms with E-state index in [1.54, 1.807) is 6.92 Å². The zero-order valence-corrected chi connectivity index (χ0v) is 15.6. The van der Waals surface area contributed by atoms with Gasteiger partial charge >= 0.3 is 0 Å². The zero-order valence-electron chi connectivity index (χ0n) is 15.6. The van der Waals surface area contributed by atoms with Gasteiger partial charge in [0.25, 0.3) is 0 Å². The molecule has 3 atom stereocenters. The van der Waals surface area contributed by atoms with Crippen LogP contribution in [0, 0.1) is 0 Å². The fraction of sp³-hybridized carbons (Fsp3) is 0.435. The van der Waals surface area contributed by atoms with Gasteiger partial charge in [-0.05, 0) is 0 Å². The number of rotatable bonds is 4. The number of nitrogens with one attached hydrogen (secondary N) is 1. The third-order valence-electron chi connectivity index (χ3n) is 6.44. The molecule has 1 amide bonds. The topological polar surface area (TPSA) is 29.1 Å². The maximum atomic E-state index is 11.5. The van der Waals surface area contributed by atoms with Gasteiger partial charge in [-0.25, -0.2) is 0 Å². The van der Waals surface area contributed by atoms with Crippen molar-refractivity contribution in [1.29, 1.82) is 0 Å². The minimum Gasteiger partial charge on any atom is -0.353 e. The van der Waals surface area contributed by atoms with Gasteiger partial charge in [-0.1, -0.05) is 60.7 Å². The van der Waals surface area contributed by atoms with Crippen LogP contribution in [0.15, 0.2) is 60.7 Å².